The molecule has 0 unspecified atom stereocenters. The third-order valence-electron chi connectivity index (χ3n) is 0.728. The number of alkyl halides is 5. The summed E-state index contributed by atoms with van der Waals surface area (Å²) in [4.78, 5) is 4.89. The predicted molar refractivity (Wildman–Crippen MR) is 22.7 cm³/mol. The Morgan fingerprint density at radius 1 is 1.57 bits per heavy atom. The molecule has 1 heterocycles. The van der Waals surface area contributed by atoms with E-state index in [1.807, 2.05) is 0 Å². The average Bonchev–Trinajstić information content (AvgIpc) is 1.84. The van der Waals surface area contributed by atoms with Gasteiger partial charge in [0.05, 0.1) is 0 Å². The molecular weight excluding hydrogens is 318 g/mol. The molecule has 0 atom stereocenters. The summed E-state index contributed by atoms with van der Waals surface area (Å²) in [6, 6.07) is 0. The van der Waals surface area contributed by atoms with Gasteiger partial charge in [0.15, 0.2) is 0 Å². The van der Waals surface area contributed by atoms with E-state index in [1.165, 1.54) is 7.05 Å². The molecule has 1 aliphatic heterocycles. The van der Waals surface area contributed by atoms with Gasteiger partial charge in [-0.05, 0) is 0 Å². The summed E-state index contributed by atoms with van der Waals surface area (Å²) in [7, 11) is 0. The van der Waals surface area contributed by atoms with Crippen molar-refractivity contribution < 1.29 is 43.1 Å². The van der Waals surface area contributed by atoms with Crippen LogP contribution in [0.1, 0.15) is 0 Å². The summed E-state index contributed by atoms with van der Waals surface area (Å²) >= 11 is -0.846. The zero-order valence-electron chi connectivity index (χ0n) is 4.58. The van der Waals surface area contributed by atoms with Crippen LogP contribution in [0.15, 0.2) is 0 Å². The van der Waals surface area contributed by atoms with Gasteiger partial charge in [0.25, 0.3) is 0 Å². The first-order valence-electron chi connectivity index (χ1n) is 2.00. The molecule has 0 bridgehead atoms. The van der Waals surface area contributed by atoms with Crippen LogP contribution in [0.5, 0.6) is 0 Å². The molecule has 0 N–H and O–H groups in total. The average molecular weight is 328 g/mol. The normalized spacial score (nSPS) is 34.0. The Bertz CT molecular complexity index is 64.1. The van der Waals surface area contributed by atoms with Crippen molar-refractivity contribution in [2.75, 3.05) is 16.9 Å². The third-order valence-corrected chi connectivity index (χ3v) is 18.5. The van der Waals surface area contributed by atoms with E-state index in [1.54, 1.807) is 0 Å². The predicted octanol–water partition coefficient (Wildman–Crippen LogP) is -5.64. The molecule has 0 aliphatic carbocycles. The summed E-state index contributed by atoms with van der Waals surface area (Å²) in [5.74, 6) is 0. The first-order valence-corrected chi connectivity index (χ1v) is 11.8. The van der Waals surface area contributed by atoms with E-state index in [2.05, 4.69) is 9.86 Å². The molecule has 48 valence electrons. The second-order valence-corrected chi connectivity index (χ2v) is 17.7. The number of hydrogen-bond donors (Lipinski definition) is 0. The standard InChI is InChI=1S/C4H10I2O/c1-6(2)3-5-7-4-6/h3-4H2,1-2H3/q-2. The molecule has 1 aliphatic rings. The van der Waals surface area contributed by atoms with Crippen LogP contribution in [0.3, 0.4) is 0 Å². The quantitative estimate of drug-likeness (QED) is 0.318. The molecule has 7 heavy (non-hydrogen) atoms. The first-order chi connectivity index (χ1) is 3.21. The maximum atomic E-state index is 5.35. The van der Waals surface area contributed by atoms with Crippen molar-refractivity contribution >= 4 is 0 Å². The van der Waals surface area contributed by atoms with Gasteiger partial charge in [-0.25, -0.2) is 0 Å². The summed E-state index contributed by atoms with van der Waals surface area (Å²) in [5, 5.41) is 0. The third kappa shape index (κ3) is 2.01. The van der Waals surface area contributed by atoms with Crippen molar-refractivity contribution in [3.8, 4) is 0 Å². The van der Waals surface area contributed by atoms with Gasteiger partial charge >= 0.3 is 60.0 Å². The minimum atomic E-state index is -1.08. The molecule has 0 aromatic carbocycles. The van der Waals surface area contributed by atoms with Crippen molar-refractivity contribution in [2.45, 2.75) is 0 Å². The van der Waals surface area contributed by atoms with Gasteiger partial charge in [-0.2, -0.15) is 0 Å². The van der Waals surface area contributed by atoms with E-state index in [9.17, 15) is 0 Å². The molecule has 0 aromatic rings. The maximum absolute atomic E-state index is 5.35. The Morgan fingerprint density at radius 2 is 2.29 bits per heavy atom. The van der Waals surface area contributed by atoms with E-state index in [0.717, 1.165) is 0 Å². The Hall–Kier alpha value is 1.42. The number of hydrogen-bond acceptors (Lipinski definition) is 1. The van der Waals surface area contributed by atoms with Crippen molar-refractivity contribution in [2.24, 2.45) is 0 Å². The van der Waals surface area contributed by atoms with Crippen molar-refractivity contribution in [1.82, 2.24) is 0 Å². The van der Waals surface area contributed by atoms with Gasteiger partial charge in [0.1, 0.15) is 0 Å². The van der Waals surface area contributed by atoms with Crippen LogP contribution in [0.2, 0.25) is 0 Å². The van der Waals surface area contributed by atoms with Gasteiger partial charge in [0, 0.05) is 0 Å². The van der Waals surface area contributed by atoms with E-state index in [-0.39, 0.29) is 21.6 Å². The van der Waals surface area contributed by atoms with Crippen LogP contribution in [-0.4, -0.2) is 16.9 Å². The zero-order chi connectivity index (χ0) is 5.33. The topological polar surface area (TPSA) is 9.23 Å². The molecule has 3 heteroatoms. The Kier molecular flexibility index (Phi) is 2.19. The van der Waals surface area contributed by atoms with Gasteiger partial charge in [-0.1, -0.05) is 0 Å². The van der Waals surface area contributed by atoms with E-state index in [0.29, 0.717) is 0 Å². The molecule has 0 aromatic heterocycles. The molecule has 1 fully saturated rings. The van der Waals surface area contributed by atoms with Gasteiger partial charge in [-0.15, -0.1) is 0 Å². The monoisotopic (exact) mass is 328 g/mol. The minimum absolute atomic E-state index is 0.233. The Morgan fingerprint density at radius 3 is 2.43 bits per heavy atom. The second-order valence-electron chi connectivity index (χ2n) is 2.06. The molecule has 1 rings (SSSR count). The molecule has 1 nitrogen and oxygen atoms in total. The van der Waals surface area contributed by atoms with Crippen molar-refractivity contribution in [3.05, 3.63) is 0 Å². The summed E-state index contributed by atoms with van der Waals surface area (Å²) in [6.07, 6.45) is 0. The van der Waals surface area contributed by atoms with Crippen molar-refractivity contribution in [1.29, 1.82) is 0 Å². The first kappa shape index (κ1) is 6.54. The number of rotatable bonds is 0. The van der Waals surface area contributed by atoms with Gasteiger partial charge < -0.3 is 0 Å². The van der Waals surface area contributed by atoms with Crippen LogP contribution in [0.25, 0.3) is 0 Å². The summed E-state index contributed by atoms with van der Waals surface area (Å²) in [5.41, 5.74) is 0. The van der Waals surface area contributed by atoms with E-state index in [4.69, 9.17) is 3.07 Å². The fourth-order valence-corrected chi connectivity index (χ4v) is 14.0. The zero-order valence-corrected chi connectivity index (χ0v) is 8.89. The SMILES string of the molecule is C[I-]1(C)CO[I-]C1. The van der Waals surface area contributed by atoms with E-state index < -0.39 is 18.4 Å². The van der Waals surface area contributed by atoms with Gasteiger partial charge in [-0.3, -0.25) is 0 Å². The van der Waals surface area contributed by atoms with Crippen LogP contribution in [0.4, 0.5) is 0 Å². The van der Waals surface area contributed by atoms with Crippen LogP contribution in [0, 0.1) is 0 Å². The molecule has 0 radical (unpaired) electrons. The second kappa shape index (κ2) is 2.34. The van der Waals surface area contributed by atoms with Crippen LogP contribution in [-0.2, 0) is 3.07 Å². The molecular formula is C4H10I2O-2. The fraction of sp³-hybridized carbons (Fsp3) is 1.00. The Labute approximate surface area is 59.5 Å². The number of halogens is 2. The van der Waals surface area contributed by atoms with Gasteiger partial charge in [0.2, 0.25) is 0 Å². The molecule has 1 saturated heterocycles. The molecule has 0 amide bonds. The van der Waals surface area contributed by atoms with E-state index >= 15 is 0 Å². The Balaban J connectivity index is 2.40. The molecule has 0 spiro atoms. The molecule has 0 saturated carbocycles. The summed E-state index contributed by atoms with van der Waals surface area (Å²) in [6.45, 7) is 0. The summed E-state index contributed by atoms with van der Waals surface area (Å²) < 4.78 is 8.05. The van der Waals surface area contributed by atoms with Crippen LogP contribution >= 0.6 is 0 Å². The fourth-order valence-electron chi connectivity index (χ4n) is 0.311. The van der Waals surface area contributed by atoms with Crippen LogP contribution < -0.4 is 40.1 Å². The van der Waals surface area contributed by atoms with Crippen molar-refractivity contribution in [3.63, 3.8) is 0 Å².